The van der Waals surface area contributed by atoms with Crippen molar-refractivity contribution in [2.24, 2.45) is 0 Å². The number of carboxylic acid groups (broad SMARTS) is 1. The summed E-state index contributed by atoms with van der Waals surface area (Å²) in [6.45, 7) is 2.33. The number of aromatic nitrogens is 2. The van der Waals surface area contributed by atoms with Gasteiger partial charge in [-0.05, 0) is 12.5 Å². The lowest BCUT2D eigenvalue weighted by Gasteiger charge is -2.19. The van der Waals surface area contributed by atoms with Crippen LogP contribution >= 0.6 is 0 Å². The Balaban J connectivity index is 2.22. The van der Waals surface area contributed by atoms with E-state index in [1.165, 1.54) is 4.90 Å². The SMILES string of the molecule is CC1C(c2cn[nH]c2)=CCN1C(=O)O. The van der Waals surface area contributed by atoms with Crippen molar-refractivity contribution < 1.29 is 9.90 Å². The van der Waals surface area contributed by atoms with Gasteiger partial charge in [-0.1, -0.05) is 6.08 Å². The highest BCUT2D eigenvalue weighted by atomic mass is 16.4. The van der Waals surface area contributed by atoms with E-state index in [0.717, 1.165) is 11.1 Å². The van der Waals surface area contributed by atoms with Gasteiger partial charge in [0.15, 0.2) is 0 Å². The summed E-state index contributed by atoms with van der Waals surface area (Å²) < 4.78 is 0. The fraction of sp³-hybridized carbons (Fsp3) is 0.333. The highest BCUT2D eigenvalue weighted by Crippen LogP contribution is 2.26. The molecule has 1 aliphatic rings. The number of hydrogen-bond acceptors (Lipinski definition) is 2. The molecule has 0 saturated heterocycles. The van der Waals surface area contributed by atoms with Crippen LogP contribution < -0.4 is 0 Å². The number of aromatic amines is 1. The molecular weight excluding hydrogens is 182 g/mol. The lowest BCUT2D eigenvalue weighted by atomic mass is 10.1. The Morgan fingerprint density at radius 1 is 1.79 bits per heavy atom. The molecule has 0 saturated carbocycles. The summed E-state index contributed by atoms with van der Waals surface area (Å²) in [4.78, 5) is 12.2. The molecule has 1 aromatic heterocycles. The van der Waals surface area contributed by atoms with Crippen molar-refractivity contribution in [3.8, 4) is 0 Å². The zero-order chi connectivity index (χ0) is 10.1. The molecule has 1 unspecified atom stereocenters. The maximum absolute atomic E-state index is 10.8. The summed E-state index contributed by atoms with van der Waals surface area (Å²) in [6.07, 6.45) is 4.51. The third kappa shape index (κ3) is 1.26. The van der Waals surface area contributed by atoms with Crippen molar-refractivity contribution in [1.82, 2.24) is 15.1 Å². The molecule has 1 atom stereocenters. The average molecular weight is 193 g/mol. The average Bonchev–Trinajstić information content (AvgIpc) is 2.71. The summed E-state index contributed by atoms with van der Waals surface area (Å²) in [5.74, 6) is 0. The van der Waals surface area contributed by atoms with E-state index in [4.69, 9.17) is 5.11 Å². The van der Waals surface area contributed by atoms with Gasteiger partial charge < -0.3 is 5.11 Å². The second-order valence-electron chi connectivity index (χ2n) is 3.26. The van der Waals surface area contributed by atoms with Gasteiger partial charge in [-0.25, -0.2) is 4.79 Å². The van der Waals surface area contributed by atoms with Crippen LogP contribution in [0.4, 0.5) is 4.79 Å². The molecule has 0 fully saturated rings. The van der Waals surface area contributed by atoms with Crippen LogP contribution in [0, 0.1) is 0 Å². The lowest BCUT2D eigenvalue weighted by Crippen LogP contribution is -2.33. The highest BCUT2D eigenvalue weighted by molar-refractivity contribution is 5.77. The van der Waals surface area contributed by atoms with Gasteiger partial charge in [0.1, 0.15) is 0 Å². The summed E-state index contributed by atoms with van der Waals surface area (Å²) in [7, 11) is 0. The largest absolute Gasteiger partial charge is 0.465 e. The predicted molar refractivity (Wildman–Crippen MR) is 50.8 cm³/mol. The maximum atomic E-state index is 10.8. The number of nitrogens with zero attached hydrogens (tertiary/aromatic N) is 2. The molecule has 0 aromatic carbocycles. The first kappa shape index (κ1) is 8.80. The van der Waals surface area contributed by atoms with Crippen LogP contribution in [0.15, 0.2) is 18.5 Å². The van der Waals surface area contributed by atoms with Crippen LogP contribution in [0.25, 0.3) is 5.57 Å². The second kappa shape index (κ2) is 3.17. The van der Waals surface area contributed by atoms with Gasteiger partial charge in [0.05, 0.1) is 12.2 Å². The Morgan fingerprint density at radius 2 is 2.57 bits per heavy atom. The first-order valence-electron chi connectivity index (χ1n) is 4.39. The quantitative estimate of drug-likeness (QED) is 0.703. The van der Waals surface area contributed by atoms with Crippen LogP contribution in [-0.2, 0) is 0 Å². The third-order valence-corrected chi connectivity index (χ3v) is 2.50. The molecule has 2 rings (SSSR count). The minimum Gasteiger partial charge on any atom is -0.465 e. The smallest absolute Gasteiger partial charge is 0.408 e. The number of H-pyrrole nitrogens is 1. The molecule has 1 amide bonds. The lowest BCUT2D eigenvalue weighted by molar-refractivity contribution is 0.147. The first-order valence-corrected chi connectivity index (χ1v) is 4.39. The molecule has 0 radical (unpaired) electrons. The summed E-state index contributed by atoms with van der Waals surface area (Å²) in [5.41, 5.74) is 1.97. The van der Waals surface area contributed by atoms with Gasteiger partial charge in [0.2, 0.25) is 0 Å². The molecule has 0 spiro atoms. The van der Waals surface area contributed by atoms with Crippen molar-refractivity contribution in [3.05, 3.63) is 24.0 Å². The van der Waals surface area contributed by atoms with Gasteiger partial charge in [-0.2, -0.15) is 5.10 Å². The minimum atomic E-state index is -0.882. The van der Waals surface area contributed by atoms with Gasteiger partial charge >= 0.3 is 6.09 Å². The van der Waals surface area contributed by atoms with Gasteiger partial charge in [0.25, 0.3) is 0 Å². The summed E-state index contributed by atoms with van der Waals surface area (Å²) in [5, 5.41) is 15.4. The Hall–Kier alpha value is -1.78. The van der Waals surface area contributed by atoms with E-state index in [-0.39, 0.29) is 6.04 Å². The Labute approximate surface area is 81.0 Å². The number of amides is 1. The number of hydrogen-bond donors (Lipinski definition) is 2. The summed E-state index contributed by atoms with van der Waals surface area (Å²) in [6, 6.07) is -0.0925. The predicted octanol–water partition coefficient (Wildman–Crippen LogP) is 1.18. The molecule has 0 aliphatic carbocycles. The summed E-state index contributed by atoms with van der Waals surface area (Å²) >= 11 is 0. The topological polar surface area (TPSA) is 69.2 Å². The van der Waals surface area contributed by atoms with Crippen molar-refractivity contribution in [2.45, 2.75) is 13.0 Å². The number of nitrogens with one attached hydrogen (secondary N) is 1. The van der Waals surface area contributed by atoms with Crippen molar-refractivity contribution in [1.29, 1.82) is 0 Å². The number of rotatable bonds is 1. The first-order chi connectivity index (χ1) is 6.70. The van der Waals surface area contributed by atoms with Crippen molar-refractivity contribution >= 4 is 11.7 Å². The van der Waals surface area contributed by atoms with E-state index in [2.05, 4.69) is 10.2 Å². The van der Waals surface area contributed by atoms with Gasteiger partial charge in [-0.15, -0.1) is 0 Å². The van der Waals surface area contributed by atoms with E-state index < -0.39 is 6.09 Å². The third-order valence-electron chi connectivity index (χ3n) is 2.50. The van der Waals surface area contributed by atoms with Crippen LogP contribution in [-0.4, -0.2) is 38.9 Å². The Bertz CT molecular complexity index is 369. The van der Waals surface area contributed by atoms with E-state index in [1.54, 1.807) is 12.4 Å². The molecular formula is C9H11N3O2. The van der Waals surface area contributed by atoms with Gasteiger partial charge in [-0.3, -0.25) is 10.00 Å². The monoisotopic (exact) mass is 193 g/mol. The minimum absolute atomic E-state index is 0.0925. The second-order valence-corrected chi connectivity index (χ2v) is 3.26. The van der Waals surface area contributed by atoms with E-state index in [0.29, 0.717) is 6.54 Å². The normalized spacial score (nSPS) is 21.1. The fourth-order valence-corrected chi connectivity index (χ4v) is 1.70. The fourth-order valence-electron chi connectivity index (χ4n) is 1.70. The van der Waals surface area contributed by atoms with Crippen molar-refractivity contribution in [3.63, 3.8) is 0 Å². The van der Waals surface area contributed by atoms with E-state index in [1.807, 2.05) is 13.0 Å². The molecule has 74 valence electrons. The van der Waals surface area contributed by atoms with Crippen LogP contribution in [0.1, 0.15) is 12.5 Å². The Kier molecular flexibility index (Phi) is 1.99. The number of carbonyl (C=O) groups is 1. The van der Waals surface area contributed by atoms with Crippen LogP contribution in [0.5, 0.6) is 0 Å². The van der Waals surface area contributed by atoms with Crippen LogP contribution in [0.2, 0.25) is 0 Å². The van der Waals surface area contributed by atoms with Gasteiger partial charge in [0, 0.05) is 18.3 Å². The Morgan fingerprint density at radius 3 is 3.07 bits per heavy atom. The van der Waals surface area contributed by atoms with E-state index >= 15 is 0 Å². The molecule has 14 heavy (non-hydrogen) atoms. The highest BCUT2D eigenvalue weighted by Gasteiger charge is 2.27. The van der Waals surface area contributed by atoms with Crippen LogP contribution in [0.3, 0.4) is 0 Å². The molecule has 0 bridgehead atoms. The zero-order valence-corrected chi connectivity index (χ0v) is 7.77. The van der Waals surface area contributed by atoms with E-state index in [9.17, 15) is 4.79 Å². The molecule has 5 heteroatoms. The zero-order valence-electron chi connectivity index (χ0n) is 7.77. The molecule has 5 nitrogen and oxygen atoms in total. The maximum Gasteiger partial charge on any atom is 0.408 e. The standard InChI is InChI=1S/C9H11N3O2/c1-6-8(7-4-10-11-5-7)2-3-12(6)9(13)14/h2,4-6H,3H2,1H3,(H,10,11)(H,13,14). The molecule has 1 aliphatic heterocycles. The molecule has 2 heterocycles. The molecule has 2 N–H and O–H groups in total. The molecule has 1 aromatic rings. The van der Waals surface area contributed by atoms with Crippen molar-refractivity contribution in [2.75, 3.05) is 6.54 Å².